The Bertz CT molecular complexity index is 507. The van der Waals surface area contributed by atoms with E-state index in [0.29, 0.717) is 0 Å². The first-order valence-electron chi connectivity index (χ1n) is 5.91. The molecule has 1 aromatic carbocycles. The van der Waals surface area contributed by atoms with Gasteiger partial charge in [0.05, 0.1) is 12.0 Å². The Hall–Kier alpha value is -1.77. The number of rotatable bonds is 1. The summed E-state index contributed by atoms with van der Waals surface area (Å²) in [6.45, 7) is 2.05. The zero-order valence-electron chi connectivity index (χ0n) is 9.64. The lowest BCUT2D eigenvalue weighted by Crippen LogP contribution is -2.48. The predicted octanol–water partition coefficient (Wildman–Crippen LogP) is 1.20. The van der Waals surface area contributed by atoms with Crippen LogP contribution in [-0.2, 0) is 4.79 Å². The summed E-state index contributed by atoms with van der Waals surface area (Å²) in [6.07, 6.45) is 5.01. The van der Waals surface area contributed by atoms with Crippen molar-refractivity contribution >= 4 is 11.7 Å². The Labute approximate surface area is 100 Å². The third kappa shape index (κ3) is 1.54. The molecule has 1 heterocycles. The van der Waals surface area contributed by atoms with Gasteiger partial charge in [-0.1, -0.05) is 29.8 Å². The predicted molar refractivity (Wildman–Crippen MR) is 63.6 cm³/mol. The first-order valence-corrected chi connectivity index (χ1v) is 5.91. The van der Waals surface area contributed by atoms with E-state index in [9.17, 15) is 9.90 Å². The van der Waals surface area contributed by atoms with Crippen LogP contribution in [-0.4, -0.2) is 12.0 Å². The van der Waals surface area contributed by atoms with E-state index in [2.05, 4.69) is 30.5 Å². The molecule has 0 saturated heterocycles. The first kappa shape index (κ1) is 10.4. The van der Waals surface area contributed by atoms with Crippen LogP contribution in [0.3, 0.4) is 0 Å². The summed E-state index contributed by atoms with van der Waals surface area (Å²) >= 11 is 0. The van der Waals surface area contributed by atoms with Gasteiger partial charge in [0.25, 0.3) is 0 Å². The summed E-state index contributed by atoms with van der Waals surface area (Å²) in [7, 11) is 0. The van der Waals surface area contributed by atoms with Gasteiger partial charge in [-0.2, -0.15) is 0 Å². The Morgan fingerprint density at radius 1 is 1.47 bits per heavy atom. The smallest absolute Gasteiger partial charge is 0.0698 e. The zero-order chi connectivity index (χ0) is 12.0. The van der Waals surface area contributed by atoms with E-state index in [1.165, 1.54) is 11.1 Å². The molecule has 3 atom stereocenters. The molecule has 1 aliphatic carbocycles. The first-order chi connectivity index (χ1) is 8.16. The number of nitrogens with one attached hydrogen (secondary N) is 1. The van der Waals surface area contributed by atoms with Gasteiger partial charge in [0.15, 0.2) is 0 Å². The van der Waals surface area contributed by atoms with Crippen LogP contribution in [0.1, 0.15) is 23.5 Å². The lowest BCUT2D eigenvalue weighted by molar-refractivity contribution is -0.308. The minimum absolute atomic E-state index is 0.0919. The Kier molecular flexibility index (Phi) is 2.21. The monoisotopic (exact) mass is 228 g/mol. The lowest BCUT2D eigenvalue weighted by atomic mass is 9.79. The molecule has 0 radical (unpaired) electrons. The maximum Gasteiger partial charge on any atom is 0.0698 e. The van der Waals surface area contributed by atoms with Crippen molar-refractivity contribution in [3.63, 3.8) is 0 Å². The molecule has 0 aromatic heterocycles. The maximum atomic E-state index is 11.2. The quantitative estimate of drug-likeness (QED) is 0.735. The number of aryl methyl sites for hydroxylation is 1. The fourth-order valence-corrected chi connectivity index (χ4v) is 2.95. The molecule has 1 N–H and O–H groups in total. The molecule has 88 valence electrons. The minimum atomic E-state index is -1.00. The molecule has 3 nitrogen and oxygen atoms in total. The number of benzene rings is 1. The van der Waals surface area contributed by atoms with E-state index in [4.69, 9.17) is 0 Å². The third-order valence-corrected chi connectivity index (χ3v) is 3.77. The number of hydrogen-bond donors (Lipinski definition) is 1. The van der Waals surface area contributed by atoms with Crippen molar-refractivity contribution in [1.29, 1.82) is 0 Å². The van der Waals surface area contributed by atoms with Crippen LogP contribution in [0.4, 0.5) is 5.69 Å². The fraction of sp³-hybridized carbons (Fsp3) is 0.357. The number of hydrogen-bond acceptors (Lipinski definition) is 3. The van der Waals surface area contributed by atoms with Gasteiger partial charge in [-0.25, -0.2) is 0 Å². The van der Waals surface area contributed by atoms with E-state index in [-0.39, 0.29) is 11.8 Å². The average molecular weight is 228 g/mol. The van der Waals surface area contributed by atoms with Gasteiger partial charge in [-0.3, -0.25) is 0 Å². The summed E-state index contributed by atoms with van der Waals surface area (Å²) in [5.41, 5.74) is 3.34. The van der Waals surface area contributed by atoms with Gasteiger partial charge in [-0.15, -0.1) is 0 Å². The molecule has 0 bridgehead atoms. The van der Waals surface area contributed by atoms with Crippen LogP contribution in [0, 0.1) is 12.8 Å². The lowest BCUT2D eigenvalue weighted by Gasteiger charge is -2.37. The van der Waals surface area contributed by atoms with E-state index >= 15 is 0 Å². The normalized spacial score (nSPS) is 29.4. The van der Waals surface area contributed by atoms with Crippen LogP contribution >= 0.6 is 0 Å². The van der Waals surface area contributed by atoms with E-state index in [1.54, 1.807) is 0 Å². The van der Waals surface area contributed by atoms with Crippen molar-refractivity contribution in [2.24, 2.45) is 5.92 Å². The highest BCUT2D eigenvalue weighted by Crippen LogP contribution is 2.44. The number of aliphatic carboxylic acids is 1. The van der Waals surface area contributed by atoms with Crippen LogP contribution in [0.2, 0.25) is 0 Å². The average Bonchev–Trinajstić information content (AvgIpc) is 2.76. The number of fused-ring (bicyclic) bond motifs is 3. The Balaban J connectivity index is 2.09. The molecule has 0 saturated carbocycles. The molecule has 0 unspecified atom stereocenters. The fourth-order valence-electron chi connectivity index (χ4n) is 2.95. The molecule has 3 heteroatoms. The van der Waals surface area contributed by atoms with Gasteiger partial charge in [-0.05, 0) is 30.9 Å². The molecule has 2 aliphatic rings. The minimum Gasteiger partial charge on any atom is -0.548 e. The molecular formula is C14H14NO2-. The maximum absolute atomic E-state index is 11.2. The molecule has 1 aromatic rings. The van der Waals surface area contributed by atoms with Crippen molar-refractivity contribution in [3.8, 4) is 0 Å². The van der Waals surface area contributed by atoms with Crippen molar-refractivity contribution in [3.05, 3.63) is 41.5 Å². The Morgan fingerprint density at radius 3 is 3.06 bits per heavy atom. The number of carbonyl (C=O) groups excluding carboxylic acids is 1. The number of allylic oxidation sites excluding steroid dienone is 2. The standard InChI is InChI=1S/C14H15NO2/c1-8-5-6-12-11(7-8)9-3-2-4-10(9)13(15-12)14(16)17/h2-3,5-7,9-10,13,15H,4H2,1H3,(H,16,17)/p-1/t9-,10-,13+/m0/s1. The van der Waals surface area contributed by atoms with E-state index in [0.717, 1.165) is 12.1 Å². The zero-order valence-corrected chi connectivity index (χ0v) is 9.64. The van der Waals surface area contributed by atoms with Crippen LogP contribution < -0.4 is 10.4 Å². The van der Waals surface area contributed by atoms with Crippen LogP contribution in [0.15, 0.2) is 30.4 Å². The highest BCUT2D eigenvalue weighted by molar-refractivity contribution is 5.79. The summed E-state index contributed by atoms with van der Waals surface area (Å²) < 4.78 is 0. The van der Waals surface area contributed by atoms with Crippen molar-refractivity contribution in [2.45, 2.75) is 25.3 Å². The highest BCUT2D eigenvalue weighted by Gasteiger charge is 2.37. The van der Waals surface area contributed by atoms with E-state index in [1.807, 2.05) is 12.1 Å². The van der Waals surface area contributed by atoms with Crippen LogP contribution in [0.5, 0.6) is 0 Å². The number of carbonyl (C=O) groups is 1. The highest BCUT2D eigenvalue weighted by atomic mass is 16.4. The van der Waals surface area contributed by atoms with Crippen molar-refractivity contribution in [2.75, 3.05) is 5.32 Å². The van der Waals surface area contributed by atoms with Crippen molar-refractivity contribution < 1.29 is 9.90 Å². The summed E-state index contributed by atoms with van der Waals surface area (Å²) in [5, 5.41) is 14.3. The second kappa shape index (κ2) is 3.62. The second-order valence-corrected chi connectivity index (χ2v) is 4.89. The summed E-state index contributed by atoms with van der Waals surface area (Å²) in [4.78, 5) is 11.2. The number of carboxylic acid groups (broad SMARTS) is 1. The topological polar surface area (TPSA) is 52.2 Å². The number of carboxylic acids is 1. The summed E-state index contributed by atoms with van der Waals surface area (Å²) in [5.74, 6) is -0.696. The van der Waals surface area contributed by atoms with Gasteiger partial charge < -0.3 is 15.2 Å². The van der Waals surface area contributed by atoms with E-state index < -0.39 is 12.0 Å². The molecule has 0 spiro atoms. The SMILES string of the molecule is Cc1ccc2c(c1)[C@H]1C=CC[C@@H]1[C@H](C(=O)[O-])N2. The second-order valence-electron chi connectivity index (χ2n) is 4.89. The van der Waals surface area contributed by atoms with Gasteiger partial charge >= 0.3 is 0 Å². The molecule has 0 amide bonds. The molecule has 1 aliphatic heterocycles. The Morgan fingerprint density at radius 2 is 2.29 bits per heavy atom. The van der Waals surface area contributed by atoms with Gasteiger partial charge in [0.2, 0.25) is 0 Å². The van der Waals surface area contributed by atoms with Crippen LogP contribution in [0.25, 0.3) is 0 Å². The van der Waals surface area contributed by atoms with Crippen molar-refractivity contribution in [1.82, 2.24) is 0 Å². The molecular weight excluding hydrogens is 214 g/mol. The number of anilines is 1. The van der Waals surface area contributed by atoms with Gasteiger partial charge in [0.1, 0.15) is 0 Å². The third-order valence-electron chi connectivity index (χ3n) is 3.77. The molecule has 0 fully saturated rings. The molecule has 17 heavy (non-hydrogen) atoms. The van der Waals surface area contributed by atoms with Gasteiger partial charge in [0, 0.05) is 11.6 Å². The molecule has 3 rings (SSSR count). The largest absolute Gasteiger partial charge is 0.548 e. The summed E-state index contributed by atoms with van der Waals surface area (Å²) in [6, 6.07) is 5.52.